The van der Waals surface area contributed by atoms with Crippen LogP contribution in [0.1, 0.15) is 47.3 Å². The molecule has 0 fully saturated rings. The van der Waals surface area contributed by atoms with E-state index in [0.717, 1.165) is 33.7 Å². The number of hydrogen-bond donors (Lipinski definition) is 1. The number of nitrogens with zero attached hydrogens (tertiary/aromatic N) is 5. The summed E-state index contributed by atoms with van der Waals surface area (Å²) in [5.74, 6) is 1.42. The fourth-order valence-electron chi connectivity index (χ4n) is 4.23. The van der Waals surface area contributed by atoms with Crippen LogP contribution in [0.4, 0.5) is 0 Å². The zero-order chi connectivity index (χ0) is 24.5. The lowest BCUT2D eigenvalue weighted by molar-refractivity contribution is 0.0955. The van der Waals surface area contributed by atoms with E-state index in [-0.39, 0.29) is 11.9 Å². The maximum Gasteiger partial charge on any atom is 0.252 e. The first kappa shape index (κ1) is 22.6. The third-order valence-electron chi connectivity index (χ3n) is 5.97. The minimum Gasteiger partial charge on any atom is -0.466 e. The van der Waals surface area contributed by atoms with Crippen LogP contribution >= 0.6 is 0 Å². The summed E-state index contributed by atoms with van der Waals surface area (Å²) in [5.41, 5.74) is 4.86. The van der Waals surface area contributed by atoms with Crippen LogP contribution in [0.15, 0.2) is 65.5 Å². The van der Waals surface area contributed by atoms with Gasteiger partial charge in [-0.05, 0) is 63.9 Å². The Labute approximate surface area is 203 Å². The topological polar surface area (TPSA) is 90.8 Å². The number of rotatable bonds is 7. The number of furan rings is 1. The molecule has 5 aromatic rings. The average Bonchev–Trinajstić information content (AvgIpc) is 3.57. The van der Waals surface area contributed by atoms with E-state index in [1.165, 1.54) is 0 Å². The molecule has 8 heteroatoms. The summed E-state index contributed by atoms with van der Waals surface area (Å²) in [6.45, 7) is 8.39. The molecule has 0 saturated heterocycles. The Hall–Kier alpha value is -4.20. The van der Waals surface area contributed by atoms with Crippen molar-refractivity contribution in [3.8, 4) is 16.9 Å². The number of fused-ring (bicyclic) bond motifs is 1. The SMILES string of the molecule is Cc1cc(-c2cc(C(=O)NCCc3cnn(-c4ccccc4)c3)c3cnn(C(C)C)c3n2)c(C)o1. The van der Waals surface area contributed by atoms with Crippen LogP contribution in [-0.4, -0.2) is 37.0 Å². The molecule has 1 N–H and O–H groups in total. The number of nitrogens with one attached hydrogen (secondary N) is 1. The molecule has 1 amide bonds. The van der Waals surface area contributed by atoms with E-state index in [1.807, 2.05) is 91.9 Å². The number of pyridine rings is 1. The maximum absolute atomic E-state index is 13.3. The highest BCUT2D eigenvalue weighted by molar-refractivity contribution is 6.06. The van der Waals surface area contributed by atoms with Crippen LogP contribution in [0, 0.1) is 13.8 Å². The quantitative estimate of drug-likeness (QED) is 0.361. The molecule has 35 heavy (non-hydrogen) atoms. The van der Waals surface area contributed by atoms with E-state index < -0.39 is 0 Å². The number of carbonyl (C=O) groups is 1. The maximum atomic E-state index is 13.3. The van der Waals surface area contributed by atoms with Gasteiger partial charge in [0.1, 0.15) is 11.5 Å². The number of aryl methyl sites for hydroxylation is 2. The average molecular weight is 469 g/mol. The van der Waals surface area contributed by atoms with E-state index in [1.54, 1.807) is 6.20 Å². The third kappa shape index (κ3) is 4.47. The van der Waals surface area contributed by atoms with Crippen molar-refractivity contribution in [2.24, 2.45) is 0 Å². The van der Waals surface area contributed by atoms with Crippen molar-refractivity contribution in [2.75, 3.05) is 6.54 Å². The predicted molar refractivity (Wildman–Crippen MR) is 135 cm³/mol. The van der Waals surface area contributed by atoms with E-state index in [9.17, 15) is 4.79 Å². The van der Waals surface area contributed by atoms with Gasteiger partial charge < -0.3 is 9.73 Å². The summed E-state index contributed by atoms with van der Waals surface area (Å²) in [4.78, 5) is 18.2. The van der Waals surface area contributed by atoms with Gasteiger partial charge in [-0.1, -0.05) is 18.2 Å². The first-order valence-corrected chi connectivity index (χ1v) is 11.7. The van der Waals surface area contributed by atoms with Gasteiger partial charge >= 0.3 is 0 Å². The predicted octanol–water partition coefficient (Wildman–Crippen LogP) is 5.05. The van der Waals surface area contributed by atoms with E-state index in [4.69, 9.17) is 9.40 Å². The molecule has 0 atom stereocenters. The summed E-state index contributed by atoms with van der Waals surface area (Å²) < 4.78 is 9.40. The van der Waals surface area contributed by atoms with Gasteiger partial charge in [-0.25, -0.2) is 14.3 Å². The molecule has 0 aliphatic carbocycles. The summed E-state index contributed by atoms with van der Waals surface area (Å²) in [6.07, 6.45) is 6.21. The molecule has 4 aromatic heterocycles. The molecule has 0 aliphatic heterocycles. The number of benzene rings is 1. The lowest BCUT2D eigenvalue weighted by atomic mass is 10.1. The van der Waals surface area contributed by atoms with Crippen molar-refractivity contribution in [3.05, 3.63) is 83.7 Å². The van der Waals surface area contributed by atoms with Gasteiger partial charge in [0.05, 0.1) is 34.7 Å². The Balaban J connectivity index is 1.39. The summed E-state index contributed by atoms with van der Waals surface area (Å²) in [7, 11) is 0. The van der Waals surface area contributed by atoms with Crippen LogP contribution in [0.25, 0.3) is 28.0 Å². The Kier molecular flexibility index (Phi) is 5.94. The van der Waals surface area contributed by atoms with Gasteiger partial charge in [0, 0.05) is 24.3 Å². The van der Waals surface area contributed by atoms with Crippen LogP contribution in [0.2, 0.25) is 0 Å². The van der Waals surface area contributed by atoms with Gasteiger partial charge in [0.15, 0.2) is 5.65 Å². The van der Waals surface area contributed by atoms with Crippen LogP contribution in [0.5, 0.6) is 0 Å². The third-order valence-corrected chi connectivity index (χ3v) is 5.97. The fraction of sp³-hybridized carbons (Fsp3) is 0.259. The molecule has 0 unspecified atom stereocenters. The van der Waals surface area contributed by atoms with Crippen molar-refractivity contribution in [1.82, 2.24) is 29.9 Å². The summed E-state index contributed by atoms with van der Waals surface area (Å²) >= 11 is 0. The number of aromatic nitrogens is 5. The summed E-state index contributed by atoms with van der Waals surface area (Å²) in [5, 5.41) is 12.7. The molecule has 5 rings (SSSR count). The molecule has 0 radical (unpaired) electrons. The Bertz CT molecular complexity index is 1490. The molecule has 0 aliphatic rings. The highest BCUT2D eigenvalue weighted by Gasteiger charge is 2.20. The zero-order valence-corrected chi connectivity index (χ0v) is 20.3. The second kappa shape index (κ2) is 9.21. The Morgan fingerprint density at radius 3 is 2.60 bits per heavy atom. The minimum absolute atomic E-state index is 0.111. The van der Waals surface area contributed by atoms with E-state index in [0.29, 0.717) is 29.9 Å². The molecular weight excluding hydrogens is 440 g/mol. The lowest BCUT2D eigenvalue weighted by Gasteiger charge is -2.11. The molecule has 178 valence electrons. The Morgan fingerprint density at radius 2 is 1.89 bits per heavy atom. The smallest absolute Gasteiger partial charge is 0.252 e. The van der Waals surface area contributed by atoms with Crippen LogP contribution in [-0.2, 0) is 6.42 Å². The van der Waals surface area contributed by atoms with Gasteiger partial charge in [-0.3, -0.25) is 4.79 Å². The first-order valence-electron chi connectivity index (χ1n) is 11.7. The highest BCUT2D eigenvalue weighted by Crippen LogP contribution is 2.30. The number of amides is 1. The normalized spacial score (nSPS) is 11.5. The van der Waals surface area contributed by atoms with Gasteiger partial charge in [0.2, 0.25) is 0 Å². The highest BCUT2D eigenvalue weighted by atomic mass is 16.3. The molecule has 1 aromatic carbocycles. The second-order valence-electron chi connectivity index (χ2n) is 8.94. The minimum atomic E-state index is -0.157. The standard InChI is InChI=1S/C27H28N6O2/c1-17(2)33-26-24(15-30-33)23(13-25(31-26)22-12-18(3)35-19(22)4)27(34)28-11-10-20-14-29-32(16-20)21-8-6-5-7-9-21/h5-9,12-17H,10-11H2,1-4H3,(H,28,34). The summed E-state index contributed by atoms with van der Waals surface area (Å²) in [6, 6.07) is 13.8. The van der Waals surface area contributed by atoms with Crippen molar-refractivity contribution >= 4 is 16.9 Å². The zero-order valence-electron chi connectivity index (χ0n) is 20.3. The molecular formula is C27H28N6O2. The molecule has 0 bridgehead atoms. The molecule has 0 spiro atoms. The molecule has 4 heterocycles. The van der Waals surface area contributed by atoms with Gasteiger partial charge in [-0.2, -0.15) is 10.2 Å². The Morgan fingerprint density at radius 1 is 1.09 bits per heavy atom. The molecule has 8 nitrogen and oxygen atoms in total. The van der Waals surface area contributed by atoms with Crippen molar-refractivity contribution in [3.63, 3.8) is 0 Å². The van der Waals surface area contributed by atoms with Gasteiger partial charge in [0.25, 0.3) is 5.91 Å². The number of para-hydroxylation sites is 1. The van der Waals surface area contributed by atoms with E-state index >= 15 is 0 Å². The number of carbonyl (C=O) groups excluding carboxylic acids is 1. The number of hydrogen-bond acceptors (Lipinski definition) is 5. The van der Waals surface area contributed by atoms with Crippen LogP contribution < -0.4 is 5.32 Å². The van der Waals surface area contributed by atoms with E-state index in [2.05, 4.69) is 15.5 Å². The monoisotopic (exact) mass is 468 g/mol. The van der Waals surface area contributed by atoms with Crippen molar-refractivity contribution in [1.29, 1.82) is 0 Å². The second-order valence-corrected chi connectivity index (χ2v) is 8.94. The largest absolute Gasteiger partial charge is 0.466 e. The fourth-order valence-corrected chi connectivity index (χ4v) is 4.23. The van der Waals surface area contributed by atoms with Crippen LogP contribution in [0.3, 0.4) is 0 Å². The van der Waals surface area contributed by atoms with Gasteiger partial charge in [-0.15, -0.1) is 0 Å². The first-order chi connectivity index (χ1) is 16.9. The molecule has 0 saturated carbocycles. The van der Waals surface area contributed by atoms with Crippen molar-refractivity contribution in [2.45, 2.75) is 40.2 Å². The van der Waals surface area contributed by atoms with Crippen molar-refractivity contribution < 1.29 is 9.21 Å². The lowest BCUT2D eigenvalue weighted by Crippen LogP contribution is -2.26.